The number of hydrogen-bond donors (Lipinski definition) is 2. The predicted molar refractivity (Wildman–Crippen MR) is 103 cm³/mol. The number of ether oxygens (including phenoxy) is 1. The smallest absolute Gasteiger partial charge is 0.410 e. The molecule has 2 aromatic heterocycles. The van der Waals surface area contributed by atoms with Gasteiger partial charge in [-0.3, -0.25) is 0 Å². The lowest BCUT2D eigenvalue weighted by Crippen LogP contribution is -2.40. The number of hydrogen-bond acceptors (Lipinski definition) is 5. The molecule has 7 heteroatoms. The topological polar surface area (TPSA) is 83.1 Å². The molecule has 0 bridgehead atoms. The Morgan fingerprint density at radius 1 is 1.19 bits per heavy atom. The third-order valence-corrected chi connectivity index (χ3v) is 4.97. The van der Waals surface area contributed by atoms with E-state index in [1.165, 1.54) is 0 Å². The summed E-state index contributed by atoms with van der Waals surface area (Å²) in [4.78, 5) is 25.8. The van der Waals surface area contributed by atoms with Gasteiger partial charge in [-0.15, -0.1) is 0 Å². The van der Waals surface area contributed by atoms with Crippen molar-refractivity contribution in [2.75, 3.05) is 25.0 Å². The minimum atomic E-state index is -0.229. The molecule has 1 saturated heterocycles. The lowest BCUT2D eigenvalue weighted by atomic mass is 9.97. The maximum absolute atomic E-state index is 12.2. The molecule has 0 unspecified atom stereocenters. The highest BCUT2D eigenvalue weighted by molar-refractivity contribution is 5.85. The number of amides is 1. The zero-order valence-electron chi connectivity index (χ0n) is 15.1. The van der Waals surface area contributed by atoms with Crippen LogP contribution in [0, 0.1) is 5.92 Å². The van der Waals surface area contributed by atoms with E-state index in [2.05, 4.69) is 20.3 Å². The monoisotopic (exact) mass is 365 g/mol. The van der Waals surface area contributed by atoms with Gasteiger partial charge in [0.05, 0.1) is 11.8 Å². The van der Waals surface area contributed by atoms with E-state index in [-0.39, 0.29) is 6.09 Å². The van der Waals surface area contributed by atoms with Crippen molar-refractivity contribution in [1.82, 2.24) is 19.9 Å². The molecular formula is C20H23N5O2. The Balaban J connectivity index is 1.23. The van der Waals surface area contributed by atoms with Crippen LogP contribution in [0.4, 0.5) is 10.6 Å². The third-order valence-electron chi connectivity index (χ3n) is 4.97. The van der Waals surface area contributed by atoms with Crippen LogP contribution in [-0.4, -0.2) is 45.6 Å². The predicted octanol–water partition coefficient (Wildman–Crippen LogP) is 3.42. The van der Waals surface area contributed by atoms with E-state index in [0.717, 1.165) is 54.9 Å². The van der Waals surface area contributed by atoms with E-state index in [0.29, 0.717) is 12.5 Å². The average molecular weight is 365 g/mol. The van der Waals surface area contributed by atoms with Gasteiger partial charge in [0.2, 0.25) is 0 Å². The molecule has 3 heterocycles. The quantitative estimate of drug-likeness (QED) is 0.724. The minimum absolute atomic E-state index is 0.229. The van der Waals surface area contributed by atoms with E-state index in [9.17, 15) is 4.79 Å². The number of rotatable bonds is 5. The Morgan fingerprint density at radius 3 is 2.81 bits per heavy atom. The number of aromatic amines is 1. The first kappa shape index (κ1) is 17.3. The highest BCUT2D eigenvalue weighted by Crippen LogP contribution is 2.21. The lowest BCUT2D eigenvalue weighted by molar-refractivity contribution is 0.0832. The Kier molecular flexibility index (Phi) is 5.18. The lowest BCUT2D eigenvalue weighted by Gasteiger charge is -2.31. The maximum atomic E-state index is 12.2. The number of anilines is 1. The molecule has 2 N–H and O–H groups in total. The Hall–Kier alpha value is -3.09. The van der Waals surface area contributed by atoms with E-state index in [4.69, 9.17) is 4.74 Å². The van der Waals surface area contributed by atoms with Crippen LogP contribution in [0.1, 0.15) is 18.4 Å². The minimum Gasteiger partial charge on any atom is -0.445 e. The highest BCUT2D eigenvalue weighted by atomic mass is 16.6. The molecule has 0 atom stereocenters. The molecule has 3 aromatic rings. The van der Waals surface area contributed by atoms with Crippen molar-refractivity contribution >= 4 is 22.9 Å². The molecule has 27 heavy (non-hydrogen) atoms. The third kappa shape index (κ3) is 4.19. The summed E-state index contributed by atoms with van der Waals surface area (Å²) in [5.41, 5.74) is 2.84. The number of likely N-dealkylation sites (tertiary alicyclic amines) is 1. The summed E-state index contributed by atoms with van der Waals surface area (Å²) in [7, 11) is 0. The van der Waals surface area contributed by atoms with Crippen molar-refractivity contribution in [2.45, 2.75) is 19.4 Å². The SMILES string of the molecule is O=C(OCc1ccccc1)N1CCC(CNc2nccc3[nH]cnc23)CC1. The first-order valence-electron chi connectivity index (χ1n) is 9.27. The van der Waals surface area contributed by atoms with Crippen molar-refractivity contribution < 1.29 is 9.53 Å². The standard InChI is InChI=1S/C20H23N5O2/c26-20(27-13-16-4-2-1-3-5-16)25-10-7-15(8-11-25)12-22-19-18-17(6-9-21-19)23-14-24-18/h1-6,9,14-15H,7-8,10-13H2,(H,21,22)(H,23,24). The summed E-state index contributed by atoms with van der Waals surface area (Å²) >= 11 is 0. The van der Waals surface area contributed by atoms with Crippen LogP contribution in [0.25, 0.3) is 11.0 Å². The van der Waals surface area contributed by atoms with Crippen LogP contribution < -0.4 is 5.32 Å². The van der Waals surface area contributed by atoms with Gasteiger partial charge in [-0.05, 0) is 30.4 Å². The van der Waals surface area contributed by atoms with Crippen molar-refractivity contribution in [3.05, 3.63) is 54.5 Å². The molecular weight excluding hydrogens is 342 g/mol. The molecule has 1 amide bonds. The number of nitrogens with one attached hydrogen (secondary N) is 2. The van der Waals surface area contributed by atoms with Gasteiger partial charge in [0.1, 0.15) is 12.1 Å². The molecule has 1 fully saturated rings. The van der Waals surface area contributed by atoms with Gasteiger partial charge in [0, 0.05) is 25.8 Å². The number of H-pyrrole nitrogens is 1. The zero-order chi connectivity index (χ0) is 18.5. The van der Waals surface area contributed by atoms with Gasteiger partial charge in [-0.2, -0.15) is 0 Å². The number of pyridine rings is 1. The Labute approximate surface area is 157 Å². The molecule has 0 radical (unpaired) electrons. The second-order valence-corrected chi connectivity index (χ2v) is 6.81. The van der Waals surface area contributed by atoms with Crippen LogP contribution >= 0.6 is 0 Å². The summed E-state index contributed by atoms with van der Waals surface area (Å²) in [5, 5.41) is 3.41. The fourth-order valence-electron chi connectivity index (χ4n) is 3.37. The Morgan fingerprint density at radius 2 is 2.00 bits per heavy atom. The van der Waals surface area contributed by atoms with Crippen molar-refractivity contribution in [1.29, 1.82) is 0 Å². The zero-order valence-corrected chi connectivity index (χ0v) is 15.1. The van der Waals surface area contributed by atoms with Crippen LogP contribution in [0.5, 0.6) is 0 Å². The van der Waals surface area contributed by atoms with Gasteiger partial charge in [0.25, 0.3) is 0 Å². The molecule has 1 aliphatic heterocycles. The van der Waals surface area contributed by atoms with Crippen LogP contribution in [0.3, 0.4) is 0 Å². The number of piperidine rings is 1. The number of benzene rings is 1. The number of nitrogens with zero attached hydrogens (tertiary/aromatic N) is 3. The molecule has 0 aliphatic carbocycles. The van der Waals surface area contributed by atoms with Crippen LogP contribution in [0.2, 0.25) is 0 Å². The largest absolute Gasteiger partial charge is 0.445 e. The molecule has 0 saturated carbocycles. The fraction of sp³-hybridized carbons (Fsp3) is 0.350. The number of aromatic nitrogens is 3. The van der Waals surface area contributed by atoms with Gasteiger partial charge in [0.15, 0.2) is 5.82 Å². The summed E-state index contributed by atoms with van der Waals surface area (Å²) in [6, 6.07) is 11.7. The molecule has 7 nitrogen and oxygen atoms in total. The van der Waals surface area contributed by atoms with Crippen molar-refractivity contribution in [3.63, 3.8) is 0 Å². The summed E-state index contributed by atoms with van der Waals surface area (Å²) in [6.45, 7) is 2.59. The van der Waals surface area contributed by atoms with E-state index in [1.807, 2.05) is 36.4 Å². The average Bonchev–Trinajstić information content (AvgIpc) is 3.21. The van der Waals surface area contributed by atoms with E-state index in [1.54, 1.807) is 17.4 Å². The number of fused-ring (bicyclic) bond motifs is 1. The van der Waals surface area contributed by atoms with Gasteiger partial charge in [-0.25, -0.2) is 14.8 Å². The van der Waals surface area contributed by atoms with Gasteiger partial charge in [-0.1, -0.05) is 30.3 Å². The first-order chi connectivity index (χ1) is 13.3. The Bertz CT molecular complexity index is 888. The van der Waals surface area contributed by atoms with Gasteiger partial charge >= 0.3 is 6.09 Å². The van der Waals surface area contributed by atoms with Crippen LogP contribution in [-0.2, 0) is 11.3 Å². The van der Waals surface area contributed by atoms with Crippen LogP contribution in [0.15, 0.2) is 48.9 Å². The molecule has 1 aliphatic rings. The number of imidazole rings is 1. The number of carbonyl (C=O) groups is 1. The summed E-state index contributed by atoms with van der Waals surface area (Å²) in [6.07, 6.45) is 5.12. The van der Waals surface area contributed by atoms with Crippen molar-refractivity contribution in [2.24, 2.45) is 5.92 Å². The molecule has 1 aromatic carbocycles. The van der Waals surface area contributed by atoms with Crippen molar-refractivity contribution in [3.8, 4) is 0 Å². The summed E-state index contributed by atoms with van der Waals surface area (Å²) < 4.78 is 5.42. The second kappa shape index (κ2) is 8.07. The second-order valence-electron chi connectivity index (χ2n) is 6.81. The summed E-state index contributed by atoms with van der Waals surface area (Å²) in [5.74, 6) is 1.30. The molecule has 4 rings (SSSR count). The normalized spacial score (nSPS) is 15.0. The molecule has 140 valence electrons. The van der Waals surface area contributed by atoms with E-state index >= 15 is 0 Å². The fourth-order valence-corrected chi connectivity index (χ4v) is 3.37. The number of carbonyl (C=O) groups excluding carboxylic acids is 1. The van der Waals surface area contributed by atoms with Gasteiger partial charge < -0.3 is 19.9 Å². The molecule has 0 spiro atoms. The van der Waals surface area contributed by atoms with E-state index < -0.39 is 0 Å². The maximum Gasteiger partial charge on any atom is 0.410 e. The highest BCUT2D eigenvalue weighted by Gasteiger charge is 2.24. The first-order valence-corrected chi connectivity index (χ1v) is 9.27.